The Balaban J connectivity index is 3.09. The molecule has 0 spiro atoms. The number of rotatable bonds is 9. The van der Waals surface area contributed by atoms with Gasteiger partial charge in [0.05, 0.1) is 0 Å². The lowest BCUT2D eigenvalue weighted by atomic mass is 10.1. The predicted molar refractivity (Wildman–Crippen MR) is 56.4 cm³/mol. The molecule has 3 nitrogen and oxygen atoms in total. The Labute approximate surface area is 86.5 Å². The monoisotopic (exact) mass is 202 g/mol. The molecule has 14 heavy (non-hydrogen) atoms. The molecular weight excluding hydrogens is 180 g/mol. The Morgan fingerprint density at radius 2 is 1.79 bits per heavy atom. The average Bonchev–Trinajstić information content (AvgIpc) is 2.16. The van der Waals surface area contributed by atoms with Crippen LogP contribution in [0.25, 0.3) is 0 Å². The van der Waals surface area contributed by atoms with E-state index in [2.05, 4.69) is 6.92 Å². The first-order chi connectivity index (χ1) is 6.68. The third-order valence-electron chi connectivity index (χ3n) is 2.21. The zero-order chi connectivity index (χ0) is 10.8. The Morgan fingerprint density at radius 3 is 2.36 bits per heavy atom. The van der Waals surface area contributed by atoms with Crippen molar-refractivity contribution in [2.24, 2.45) is 0 Å². The van der Waals surface area contributed by atoms with E-state index >= 15 is 0 Å². The van der Waals surface area contributed by atoms with Gasteiger partial charge in [0.2, 0.25) is 0 Å². The van der Waals surface area contributed by atoms with Gasteiger partial charge in [-0.25, -0.2) is 4.79 Å². The minimum Gasteiger partial charge on any atom is -0.479 e. The van der Waals surface area contributed by atoms with Crippen LogP contribution in [0.1, 0.15) is 52.4 Å². The van der Waals surface area contributed by atoms with Gasteiger partial charge in [0.15, 0.2) is 6.10 Å². The van der Waals surface area contributed by atoms with Crippen molar-refractivity contribution in [3.05, 3.63) is 0 Å². The second-order valence-corrected chi connectivity index (χ2v) is 3.62. The van der Waals surface area contributed by atoms with Crippen LogP contribution in [0, 0.1) is 0 Å². The van der Waals surface area contributed by atoms with Crippen molar-refractivity contribution in [3.63, 3.8) is 0 Å². The second-order valence-electron chi connectivity index (χ2n) is 3.62. The highest BCUT2D eigenvalue weighted by atomic mass is 16.5. The highest BCUT2D eigenvalue weighted by molar-refractivity contribution is 5.71. The van der Waals surface area contributed by atoms with E-state index < -0.39 is 12.1 Å². The largest absolute Gasteiger partial charge is 0.479 e. The molecule has 0 saturated heterocycles. The maximum atomic E-state index is 10.4. The Hall–Kier alpha value is -0.570. The molecule has 3 heteroatoms. The van der Waals surface area contributed by atoms with Crippen LogP contribution in [0.2, 0.25) is 0 Å². The molecule has 1 N–H and O–H groups in total. The lowest BCUT2D eigenvalue weighted by Crippen LogP contribution is -2.20. The van der Waals surface area contributed by atoms with E-state index in [1.165, 1.54) is 25.7 Å². The average molecular weight is 202 g/mol. The predicted octanol–water partition coefficient (Wildman–Crippen LogP) is 2.84. The fraction of sp³-hybridized carbons (Fsp3) is 0.909. The van der Waals surface area contributed by atoms with Crippen molar-refractivity contribution < 1.29 is 14.6 Å². The summed E-state index contributed by atoms with van der Waals surface area (Å²) in [5, 5.41) is 8.53. The molecule has 0 saturated carbocycles. The molecule has 0 aromatic carbocycles. The zero-order valence-corrected chi connectivity index (χ0v) is 9.29. The summed E-state index contributed by atoms with van der Waals surface area (Å²) in [5.41, 5.74) is 0. The van der Waals surface area contributed by atoms with Crippen molar-refractivity contribution in [1.29, 1.82) is 0 Å². The van der Waals surface area contributed by atoms with Gasteiger partial charge < -0.3 is 9.84 Å². The van der Waals surface area contributed by atoms with Gasteiger partial charge in [0, 0.05) is 6.61 Å². The molecule has 1 unspecified atom stereocenters. The summed E-state index contributed by atoms with van der Waals surface area (Å²) < 4.78 is 5.11. The summed E-state index contributed by atoms with van der Waals surface area (Å²) in [7, 11) is 0. The van der Waals surface area contributed by atoms with Gasteiger partial charge in [-0.05, 0) is 13.3 Å². The summed E-state index contributed by atoms with van der Waals surface area (Å²) >= 11 is 0. The molecule has 0 amide bonds. The number of unbranched alkanes of at least 4 members (excludes halogenated alkanes) is 5. The second kappa shape index (κ2) is 9.00. The maximum Gasteiger partial charge on any atom is 0.332 e. The van der Waals surface area contributed by atoms with E-state index in [1.807, 2.05) is 0 Å². The van der Waals surface area contributed by atoms with Gasteiger partial charge >= 0.3 is 5.97 Å². The third kappa shape index (κ3) is 8.05. The van der Waals surface area contributed by atoms with E-state index in [-0.39, 0.29) is 0 Å². The van der Waals surface area contributed by atoms with Crippen LogP contribution in [-0.2, 0) is 9.53 Å². The van der Waals surface area contributed by atoms with Crippen LogP contribution in [-0.4, -0.2) is 23.8 Å². The van der Waals surface area contributed by atoms with Crippen LogP contribution < -0.4 is 0 Å². The molecule has 0 aromatic rings. The molecule has 84 valence electrons. The molecule has 0 aliphatic heterocycles. The molecule has 0 aromatic heterocycles. The van der Waals surface area contributed by atoms with Crippen LogP contribution in [0.15, 0.2) is 0 Å². The number of carbonyl (C=O) groups is 1. The highest BCUT2D eigenvalue weighted by Gasteiger charge is 2.09. The molecule has 0 aliphatic rings. The van der Waals surface area contributed by atoms with Gasteiger partial charge in [-0.2, -0.15) is 0 Å². The zero-order valence-electron chi connectivity index (χ0n) is 9.29. The topological polar surface area (TPSA) is 46.5 Å². The quantitative estimate of drug-likeness (QED) is 0.585. The molecule has 0 rings (SSSR count). The van der Waals surface area contributed by atoms with Crippen molar-refractivity contribution in [1.82, 2.24) is 0 Å². The summed E-state index contributed by atoms with van der Waals surface area (Å²) in [6.45, 7) is 4.33. The lowest BCUT2D eigenvalue weighted by molar-refractivity contribution is -0.149. The Bertz CT molecular complexity index is 145. The van der Waals surface area contributed by atoms with Gasteiger partial charge in [-0.3, -0.25) is 0 Å². The fourth-order valence-electron chi connectivity index (χ4n) is 1.21. The van der Waals surface area contributed by atoms with Crippen molar-refractivity contribution in [2.75, 3.05) is 6.61 Å². The number of aliphatic carboxylic acids is 1. The minimum absolute atomic E-state index is 0.569. The summed E-state index contributed by atoms with van der Waals surface area (Å²) in [6.07, 6.45) is 6.53. The smallest absolute Gasteiger partial charge is 0.332 e. The molecule has 0 fully saturated rings. The first-order valence-electron chi connectivity index (χ1n) is 5.53. The van der Waals surface area contributed by atoms with E-state index in [1.54, 1.807) is 6.92 Å². The molecule has 1 atom stereocenters. The van der Waals surface area contributed by atoms with Crippen molar-refractivity contribution in [3.8, 4) is 0 Å². The Morgan fingerprint density at radius 1 is 1.21 bits per heavy atom. The Kier molecular flexibility index (Phi) is 8.64. The van der Waals surface area contributed by atoms with E-state index in [4.69, 9.17) is 9.84 Å². The maximum absolute atomic E-state index is 10.4. The van der Waals surface area contributed by atoms with Crippen molar-refractivity contribution >= 4 is 5.97 Å². The number of ether oxygens (including phenoxy) is 1. The molecule has 0 radical (unpaired) electrons. The van der Waals surface area contributed by atoms with Crippen molar-refractivity contribution in [2.45, 2.75) is 58.5 Å². The highest BCUT2D eigenvalue weighted by Crippen LogP contribution is 2.05. The third-order valence-corrected chi connectivity index (χ3v) is 2.21. The molecular formula is C11H22O3. The standard InChI is InChI=1S/C11H22O3/c1-3-4-5-6-7-8-9-14-10(2)11(12)13/h10H,3-9H2,1-2H3,(H,12,13). The molecule has 0 bridgehead atoms. The van der Waals surface area contributed by atoms with Gasteiger partial charge in [-0.15, -0.1) is 0 Å². The lowest BCUT2D eigenvalue weighted by Gasteiger charge is -2.07. The van der Waals surface area contributed by atoms with E-state index in [9.17, 15) is 4.79 Å². The number of carboxylic acids is 1. The van der Waals surface area contributed by atoms with Crippen LogP contribution in [0.3, 0.4) is 0 Å². The van der Waals surface area contributed by atoms with Gasteiger partial charge in [-0.1, -0.05) is 39.0 Å². The minimum atomic E-state index is -0.879. The first kappa shape index (κ1) is 13.4. The first-order valence-corrected chi connectivity index (χ1v) is 5.53. The summed E-state index contributed by atoms with van der Waals surface area (Å²) in [4.78, 5) is 10.4. The van der Waals surface area contributed by atoms with Crippen LogP contribution in [0.4, 0.5) is 0 Å². The van der Waals surface area contributed by atoms with E-state index in [0.717, 1.165) is 12.8 Å². The molecule has 0 aliphatic carbocycles. The van der Waals surface area contributed by atoms with E-state index in [0.29, 0.717) is 6.61 Å². The van der Waals surface area contributed by atoms with Gasteiger partial charge in [0.25, 0.3) is 0 Å². The normalized spacial score (nSPS) is 12.7. The number of carboxylic acid groups (broad SMARTS) is 1. The SMILES string of the molecule is CCCCCCCCOC(C)C(=O)O. The fourth-order valence-corrected chi connectivity index (χ4v) is 1.21. The summed E-state index contributed by atoms with van der Waals surface area (Å²) in [6, 6.07) is 0. The van der Waals surface area contributed by atoms with Gasteiger partial charge in [0.1, 0.15) is 0 Å². The number of hydrogen-bond donors (Lipinski definition) is 1. The molecule has 0 heterocycles. The number of hydrogen-bond acceptors (Lipinski definition) is 2. The van der Waals surface area contributed by atoms with Crippen LogP contribution >= 0.6 is 0 Å². The van der Waals surface area contributed by atoms with Crippen LogP contribution in [0.5, 0.6) is 0 Å². The summed E-state index contributed by atoms with van der Waals surface area (Å²) in [5.74, 6) is -0.879.